The number of hydrogen-bond donors (Lipinski definition) is 0. The molecule has 1 fully saturated rings. The van der Waals surface area contributed by atoms with Crippen molar-refractivity contribution in [3.8, 4) is 5.75 Å². The minimum absolute atomic E-state index is 0.140. The topological polar surface area (TPSA) is 32.8 Å². The van der Waals surface area contributed by atoms with Crippen LogP contribution in [0.2, 0.25) is 0 Å². The molecule has 2 heterocycles. The average molecular weight is 441 g/mol. The van der Waals surface area contributed by atoms with E-state index in [4.69, 9.17) is 4.74 Å². The normalized spacial score (nSPS) is 17.2. The zero-order chi connectivity index (χ0) is 22.7. The number of piperidine rings is 1. The van der Waals surface area contributed by atoms with Crippen LogP contribution in [0.3, 0.4) is 0 Å². The van der Waals surface area contributed by atoms with E-state index in [2.05, 4.69) is 59.5 Å². The van der Waals surface area contributed by atoms with E-state index in [1.54, 1.807) is 0 Å². The lowest BCUT2D eigenvalue weighted by Gasteiger charge is -2.41. The first-order chi connectivity index (χ1) is 16.1. The minimum Gasteiger partial charge on any atom is -0.485 e. The van der Waals surface area contributed by atoms with Crippen molar-refractivity contribution in [3.05, 3.63) is 95.6 Å². The molecule has 5 rings (SSSR count). The maximum absolute atomic E-state index is 13.1. The Labute approximate surface area is 196 Å². The molecule has 0 N–H and O–H groups in total. The zero-order valence-electron chi connectivity index (χ0n) is 19.4. The maximum atomic E-state index is 13.1. The zero-order valence-corrected chi connectivity index (χ0v) is 19.4. The second-order valence-electron chi connectivity index (χ2n) is 9.33. The van der Waals surface area contributed by atoms with Crippen LogP contribution < -0.4 is 9.64 Å². The number of para-hydroxylation sites is 2. The number of anilines is 1. The van der Waals surface area contributed by atoms with Crippen LogP contribution in [0, 0.1) is 6.92 Å². The van der Waals surface area contributed by atoms with Gasteiger partial charge in [-0.25, -0.2) is 0 Å². The highest BCUT2D eigenvalue weighted by Gasteiger charge is 2.40. The van der Waals surface area contributed by atoms with Crippen molar-refractivity contribution in [3.63, 3.8) is 0 Å². The number of carbonyl (C=O) groups is 1. The summed E-state index contributed by atoms with van der Waals surface area (Å²) >= 11 is 0. The largest absolute Gasteiger partial charge is 0.485 e. The molecule has 0 aromatic heterocycles. The van der Waals surface area contributed by atoms with E-state index in [9.17, 15) is 4.79 Å². The molecule has 3 aromatic rings. The van der Waals surface area contributed by atoms with Gasteiger partial charge in [-0.3, -0.25) is 4.79 Å². The van der Waals surface area contributed by atoms with Gasteiger partial charge >= 0.3 is 0 Å². The van der Waals surface area contributed by atoms with E-state index in [-0.39, 0.29) is 11.5 Å². The predicted molar refractivity (Wildman–Crippen MR) is 133 cm³/mol. The first-order valence-corrected chi connectivity index (χ1v) is 12.1. The molecule has 33 heavy (non-hydrogen) atoms. The lowest BCUT2D eigenvalue weighted by molar-refractivity contribution is 0.00239. The van der Waals surface area contributed by atoms with Crippen molar-refractivity contribution in [1.29, 1.82) is 0 Å². The highest BCUT2D eigenvalue weighted by molar-refractivity contribution is 5.95. The Hall–Kier alpha value is -3.27. The summed E-state index contributed by atoms with van der Waals surface area (Å²) in [6.07, 6.45) is 3.72. The van der Waals surface area contributed by atoms with Gasteiger partial charge in [-0.2, -0.15) is 0 Å². The molecule has 2 aliphatic heterocycles. The number of fused-ring (bicyclic) bond motifs is 1. The number of aryl methyl sites for hydroxylation is 1. The standard InChI is InChI=1S/C29H32N2O2/c1-23-9-5-6-12-25(23)28(32)31-21-17-29(18-22-31)16-20-30(19-15-24-10-3-2-4-11-24)26-13-7-8-14-27(26)33-29/h2-14H,15-22H2,1H3. The van der Waals surface area contributed by atoms with Crippen LogP contribution in [0.15, 0.2) is 78.9 Å². The highest BCUT2D eigenvalue weighted by Crippen LogP contribution is 2.40. The molecule has 0 bridgehead atoms. The van der Waals surface area contributed by atoms with Crippen LogP contribution in [0.4, 0.5) is 5.69 Å². The van der Waals surface area contributed by atoms with Crippen LogP contribution >= 0.6 is 0 Å². The second-order valence-corrected chi connectivity index (χ2v) is 9.33. The monoisotopic (exact) mass is 440 g/mol. The van der Waals surface area contributed by atoms with E-state index in [1.807, 2.05) is 36.1 Å². The first kappa shape index (κ1) is 21.6. The maximum Gasteiger partial charge on any atom is 0.254 e. The minimum atomic E-state index is -0.208. The molecule has 3 aromatic carbocycles. The Morgan fingerprint density at radius 1 is 0.848 bits per heavy atom. The molecule has 1 spiro atoms. The van der Waals surface area contributed by atoms with Gasteiger partial charge in [0.2, 0.25) is 0 Å². The summed E-state index contributed by atoms with van der Waals surface area (Å²) in [5.74, 6) is 1.11. The quantitative estimate of drug-likeness (QED) is 0.537. The number of benzene rings is 3. The van der Waals surface area contributed by atoms with E-state index in [0.29, 0.717) is 0 Å². The lowest BCUT2D eigenvalue weighted by atomic mass is 9.87. The first-order valence-electron chi connectivity index (χ1n) is 12.1. The molecule has 0 radical (unpaired) electrons. The van der Waals surface area contributed by atoms with Crippen LogP contribution in [0.1, 0.15) is 40.7 Å². The SMILES string of the molecule is Cc1ccccc1C(=O)N1CCC2(CC1)CCN(CCc1ccccc1)c1ccccc1O2. The van der Waals surface area contributed by atoms with Crippen molar-refractivity contribution < 1.29 is 9.53 Å². The van der Waals surface area contributed by atoms with Crippen molar-refractivity contribution in [2.24, 2.45) is 0 Å². The van der Waals surface area contributed by atoms with Gasteiger partial charge in [0.1, 0.15) is 11.4 Å². The summed E-state index contributed by atoms with van der Waals surface area (Å²) < 4.78 is 6.75. The molecule has 0 atom stereocenters. The van der Waals surface area contributed by atoms with Gasteiger partial charge in [0.05, 0.1) is 5.69 Å². The number of carbonyl (C=O) groups excluding carboxylic acids is 1. The molecular weight excluding hydrogens is 408 g/mol. The summed E-state index contributed by atoms with van der Waals surface area (Å²) in [7, 11) is 0. The summed E-state index contributed by atoms with van der Waals surface area (Å²) in [5.41, 5.74) is 4.19. The number of amides is 1. The number of hydrogen-bond acceptors (Lipinski definition) is 3. The van der Waals surface area contributed by atoms with Crippen molar-refractivity contribution in [1.82, 2.24) is 4.90 Å². The Kier molecular flexibility index (Phi) is 6.08. The van der Waals surface area contributed by atoms with E-state index in [0.717, 1.165) is 68.7 Å². The Bertz CT molecular complexity index is 1100. The molecule has 4 heteroatoms. The fourth-order valence-corrected chi connectivity index (χ4v) is 5.14. The number of nitrogens with zero attached hydrogens (tertiary/aromatic N) is 2. The number of ether oxygens (including phenoxy) is 1. The Morgan fingerprint density at radius 2 is 1.52 bits per heavy atom. The third-order valence-corrected chi connectivity index (χ3v) is 7.22. The summed E-state index contributed by atoms with van der Waals surface area (Å²) in [6, 6.07) is 27.0. The van der Waals surface area contributed by atoms with E-state index < -0.39 is 0 Å². The number of likely N-dealkylation sites (tertiary alicyclic amines) is 1. The van der Waals surface area contributed by atoms with Crippen LogP contribution in [-0.4, -0.2) is 42.6 Å². The lowest BCUT2D eigenvalue weighted by Crippen LogP contribution is -2.50. The van der Waals surface area contributed by atoms with Gasteiger partial charge in [0.15, 0.2) is 0 Å². The molecule has 170 valence electrons. The molecule has 4 nitrogen and oxygen atoms in total. The van der Waals surface area contributed by atoms with Crippen LogP contribution in [0.25, 0.3) is 0 Å². The predicted octanol–water partition coefficient (Wildman–Crippen LogP) is 5.50. The highest BCUT2D eigenvalue weighted by atomic mass is 16.5. The summed E-state index contributed by atoms with van der Waals surface area (Å²) in [5, 5.41) is 0. The van der Waals surface area contributed by atoms with Gasteiger partial charge in [-0.05, 0) is 42.7 Å². The third kappa shape index (κ3) is 4.61. The van der Waals surface area contributed by atoms with Crippen molar-refractivity contribution in [2.75, 3.05) is 31.1 Å². The molecule has 0 unspecified atom stereocenters. The third-order valence-electron chi connectivity index (χ3n) is 7.22. The molecule has 2 aliphatic rings. The fraction of sp³-hybridized carbons (Fsp3) is 0.345. The van der Waals surface area contributed by atoms with Crippen molar-refractivity contribution >= 4 is 11.6 Å². The van der Waals surface area contributed by atoms with Crippen LogP contribution in [-0.2, 0) is 6.42 Å². The van der Waals surface area contributed by atoms with Gasteiger partial charge in [0, 0.05) is 51.0 Å². The summed E-state index contributed by atoms with van der Waals surface area (Å²) in [4.78, 5) is 17.6. The molecule has 1 saturated heterocycles. The van der Waals surface area contributed by atoms with E-state index in [1.165, 1.54) is 11.3 Å². The van der Waals surface area contributed by atoms with Gasteiger partial charge in [-0.15, -0.1) is 0 Å². The fourth-order valence-electron chi connectivity index (χ4n) is 5.14. The second kappa shape index (κ2) is 9.30. The van der Waals surface area contributed by atoms with Gasteiger partial charge < -0.3 is 14.5 Å². The number of rotatable bonds is 4. The molecule has 0 aliphatic carbocycles. The Balaban J connectivity index is 1.29. The van der Waals surface area contributed by atoms with Gasteiger partial charge in [0.25, 0.3) is 5.91 Å². The van der Waals surface area contributed by atoms with Crippen molar-refractivity contribution in [2.45, 2.75) is 38.2 Å². The van der Waals surface area contributed by atoms with Crippen LogP contribution in [0.5, 0.6) is 5.75 Å². The molecular formula is C29H32N2O2. The Morgan fingerprint density at radius 3 is 2.30 bits per heavy atom. The van der Waals surface area contributed by atoms with E-state index >= 15 is 0 Å². The molecule has 1 amide bonds. The average Bonchev–Trinajstić information content (AvgIpc) is 3.00. The van der Waals surface area contributed by atoms with Gasteiger partial charge in [-0.1, -0.05) is 60.7 Å². The smallest absolute Gasteiger partial charge is 0.254 e. The molecule has 0 saturated carbocycles. The summed E-state index contributed by atoms with van der Waals surface area (Å²) in [6.45, 7) is 5.42.